The summed E-state index contributed by atoms with van der Waals surface area (Å²) in [6, 6.07) is 19.4. The Labute approximate surface area is 197 Å². The Morgan fingerprint density at radius 1 is 1.09 bits per heavy atom. The third kappa shape index (κ3) is 3.22. The topological polar surface area (TPSA) is 66.7 Å². The van der Waals surface area contributed by atoms with E-state index >= 15 is 0 Å². The highest BCUT2D eigenvalue weighted by atomic mass is 16.2. The number of hydrogen-bond acceptors (Lipinski definition) is 3. The molecule has 2 aliphatic heterocycles. The van der Waals surface area contributed by atoms with Crippen molar-refractivity contribution < 1.29 is 9.59 Å². The number of rotatable bonds is 3. The summed E-state index contributed by atoms with van der Waals surface area (Å²) in [7, 11) is 1.73. The quantitative estimate of drug-likeness (QED) is 0.669. The van der Waals surface area contributed by atoms with Crippen LogP contribution in [0.4, 0.5) is 5.69 Å². The second-order valence-corrected chi connectivity index (χ2v) is 8.75. The number of likely N-dealkylation sites (N-methyl/N-ethyl adjacent to an activating group) is 1. The van der Waals surface area contributed by atoms with E-state index in [9.17, 15) is 9.59 Å². The Morgan fingerprint density at radius 3 is 2.74 bits per heavy atom. The fraction of sp³-hybridized carbons (Fsp3) is 0.179. The van der Waals surface area contributed by atoms with Gasteiger partial charge in [-0.05, 0) is 35.8 Å². The molecule has 3 aliphatic rings. The average molecular weight is 449 g/mol. The number of aliphatic imine (C=N–C) groups is 1. The summed E-state index contributed by atoms with van der Waals surface area (Å²) in [6.45, 7) is 0.637. The molecule has 168 valence electrons. The van der Waals surface area contributed by atoms with E-state index in [1.165, 1.54) is 5.57 Å². The van der Waals surface area contributed by atoms with Gasteiger partial charge in [-0.2, -0.15) is 0 Å². The second-order valence-electron chi connectivity index (χ2n) is 8.75. The minimum atomic E-state index is -1.04. The summed E-state index contributed by atoms with van der Waals surface area (Å²) < 4.78 is 2.04. The zero-order chi connectivity index (χ0) is 23.2. The lowest BCUT2D eigenvalue weighted by molar-refractivity contribution is -0.119. The van der Waals surface area contributed by atoms with Gasteiger partial charge < -0.3 is 14.8 Å². The lowest BCUT2D eigenvalue weighted by Gasteiger charge is -2.21. The maximum atomic E-state index is 13.5. The highest BCUT2D eigenvalue weighted by Gasteiger charge is 2.32. The van der Waals surface area contributed by atoms with Crippen LogP contribution in [0.25, 0.3) is 11.6 Å². The molecular weight excluding hydrogens is 424 g/mol. The first-order valence-electron chi connectivity index (χ1n) is 11.5. The molecule has 0 saturated carbocycles. The van der Waals surface area contributed by atoms with Gasteiger partial charge in [-0.15, -0.1) is 0 Å². The van der Waals surface area contributed by atoms with Crippen molar-refractivity contribution in [2.45, 2.75) is 25.6 Å². The van der Waals surface area contributed by atoms with E-state index in [-0.39, 0.29) is 11.8 Å². The minimum Gasteiger partial charge on any atom is -0.332 e. The molecule has 0 fully saturated rings. The first-order chi connectivity index (χ1) is 16.6. The van der Waals surface area contributed by atoms with Gasteiger partial charge in [0.15, 0.2) is 0 Å². The third-order valence-corrected chi connectivity index (χ3v) is 6.71. The Bertz CT molecular complexity index is 1510. The average Bonchev–Trinajstić information content (AvgIpc) is 3.22. The number of hydrogen-bond donors (Lipinski definition) is 1. The predicted octanol–water partition coefficient (Wildman–Crippen LogP) is 2.35. The molecule has 2 aromatic carbocycles. The van der Waals surface area contributed by atoms with Crippen LogP contribution in [-0.2, 0) is 11.3 Å². The van der Waals surface area contributed by atoms with E-state index in [0.29, 0.717) is 18.0 Å². The van der Waals surface area contributed by atoms with Crippen LogP contribution in [-0.4, -0.2) is 35.3 Å². The number of para-hydroxylation sites is 1. The Morgan fingerprint density at radius 2 is 1.88 bits per heavy atom. The molecule has 1 atom stereocenters. The number of carbonyl (C=O) groups excluding carboxylic acids is 2. The smallest absolute Gasteiger partial charge is 0.272 e. The highest BCUT2D eigenvalue weighted by Crippen LogP contribution is 2.27. The molecule has 1 N–H and O–H groups in total. The van der Waals surface area contributed by atoms with Crippen molar-refractivity contribution in [2.75, 3.05) is 11.9 Å². The van der Waals surface area contributed by atoms with Gasteiger partial charge in [0.1, 0.15) is 5.69 Å². The third-order valence-electron chi connectivity index (χ3n) is 6.71. The van der Waals surface area contributed by atoms with Crippen LogP contribution < -0.4 is 20.8 Å². The van der Waals surface area contributed by atoms with Crippen LogP contribution in [0.2, 0.25) is 0 Å². The van der Waals surface area contributed by atoms with Gasteiger partial charge in [-0.25, -0.2) is 4.99 Å². The van der Waals surface area contributed by atoms with Crippen molar-refractivity contribution in [2.24, 2.45) is 4.99 Å². The van der Waals surface area contributed by atoms with Crippen LogP contribution in [0.3, 0.4) is 0 Å². The van der Waals surface area contributed by atoms with E-state index in [1.807, 2.05) is 65.2 Å². The molecule has 0 bridgehead atoms. The van der Waals surface area contributed by atoms with E-state index in [4.69, 9.17) is 4.99 Å². The van der Waals surface area contributed by atoms with Gasteiger partial charge in [-0.1, -0.05) is 66.8 Å². The fourth-order valence-corrected chi connectivity index (χ4v) is 5.07. The van der Waals surface area contributed by atoms with Crippen molar-refractivity contribution >= 4 is 34.9 Å². The van der Waals surface area contributed by atoms with Gasteiger partial charge >= 0.3 is 0 Å². The number of benzodiazepines with no additional fused rings is 1. The molecule has 3 heterocycles. The van der Waals surface area contributed by atoms with Crippen molar-refractivity contribution in [3.05, 3.63) is 100 Å². The summed E-state index contributed by atoms with van der Waals surface area (Å²) in [5, 5.41) is 5.13. The predicted molar refractivity (Wildman–Crippen MR) is 133 cm³/mol. The summed E-state index contributed by atoms with van der Waals surface area (Å²) in [4.78, 5) is 33.3. The van der Waals surface area contributed by atoms with Gasteiger partial charge in [-0.3, -0.25) is 9.59 Å². The molecule has 6 heteroatoms. The number of amides is 2. The number of carbonyl (C=O) groups is 2. The Balaban J connectivity index is 1.43. The molecule has 0 spiro atoms. The Hall–Kier alpha value is -4.19. The van der Waals surface area contributed by atoms with Gasteiger partial charge in [0.25, 0.3) is 11.8 Å². The number of nitrogens with one attached hydrogen (secondary N) is 1. The molecule has 2 amide bonds. The monoisotopic (exact) mass is 448 g/mol. The largest absolute Gasteiger partial charge is 0.332 e. The molecule has 34 heavy (non-hydrogen) atoms. The first-order valence-corrected chi connectivity index (χ1v) is 11.5. The number of anilines is 1. The van der Waals surface area contributed by atoms with Crippen molar-refractivity contribution in [3.8, 4) is 0 Å². The maximum Gasteiger partial charge on any atom is 0.272 e. The van der Waals surface area contributed by atoms with Crippen LogP contribution in [0, 0.1) is 0 Å². The van der Waals surface area contributed by atoms with E-state index in [2.05, 4.69) is 23.5 Å². The normalized spacial score (nSPS) is 18.4. The van der Waals surface area contributed by atoms with Crippen molar-refractivity contribution in [3.63, 3.8) is 0 Å². The molecule has 1 unspecified atom stereocenters. The van der Waals surface area contributed by atoms with Gasteiger partial charge in [0.05, 0.1) is 16.7 Å². The lowest BCUT2D eigenvalue weighted by atomic mass is 10.0. The highest BCUT2D eigenvalue weighted by molar-refractivity contribution is 6.20. The summed E-state index contributed by atoms with van der Waals surface area (Å²) >= 11 is 0. The van der Waals surface area contributed by atoms with Crippen molar-refractivity contribution in [1.82, 2.24) is 9.88 Å². The van der Waals surface area contributed by atoms with Crippen LogP contribution in [0.15, 0.2) is 77.8 Å². The molecule has 1 aromatic heterocycles. The number of aromatic nitrogens is 1. The maximum absolute atomic E-state index is 13.5. The number of benzene rings is 2. The number of nitrogens with zero attached hydrogens (tertiary/aromatic N) is 3. The summed E-state index contributed by atoms with van der Waals surface area (Å²) in [5.74, 6) is -0.577. The zero-order valence-corrected chi connectivity index (χ0v) is 18.9. The summed E-state index contributed by atoms with van der Waals surface area (Å²) in [6.07, 6.45) is 7.33. The lowest BCUT2D eigenvalue weighted by Crippen LogP contribution is -2.46. The van der Waals surface area contributed by atoms with E-state index in [1.54, 1.807) is 11.9 Å². The van der Waals surface area contributed by atoms with Crippen molar-refractivity contribution in [1.29, 1.82) is 0 Å². The molecule has 0 radical (unpaired) electrons. The SMILES string of the molecule is CN1C(=O)C(NC(=O)c2cc3c4n2CC=CC=4CCC=3)N=C(c2ccccc2)c2ccccc21. The standard InChI is InChI=1S/C28H24N4O2/c1-31-22-15-6-5-14-21(22)24(18-9-3-2-4-10-18)29-26(28(31)34)30-27(33)23-17-20-12-7-11-19-13-8-16-32(23)25(19)20/h2-6,8-10,12-15,17,26H,7,11,16H2,1H3,(H,30,33). The molecule has 6 nitrogen and oxygen atoms in total. The van der Waals surface area contributed by atoms with Crippen LogP contribution in [0.5, 0.6) is 0 Å². The van der Waals surface area contributed by atoms with Gasteiger partial charge in [0.2, 0.25) is 6.17 Å². The minimum absolute atomic E-state index is 0.277. The van der Waals surface area contributed by atoms with E-state index in [0.717, 1.165) is 40.2 Å². The number of fused-ring (bicyclic) bond motifs is 1. The fourth-order valence-electron chi connectivity index (χ4n) is 5.07. The van der Waals surface area contributed by atoms with Crippen LogP contribution in [0.1, 0.15) is 34.5 Å². The van der Waals surface area contributed by atoms with Crippen LogP contribution >= 0.6 is 0 Å². The molecule has 1 aliphatic carbocycles. The molecular formula is C28H24N4O2. The molecule has 6 rings (SSSR count). The molecule has 3 aromatic rings. The molecule has 0 saturated heterocycles. The Kier molecular flexibility index (Phi) is 4.80. The van der Waals surface area contributed by atoms with E-state index < -0.39 is 6.17 Å². The zero-order valence-electron chi connectivity index (χ0n) is 18.9. The summed E-state index contributed by atoms with van der Waals surface area (Å²) in [5.41, 5.74) is 5.01. The first kappa shape index (κ1) is 20.4. The van der Waals surface area contributed by atoms with Gasteiger partial charge in [0, 0.05) is 24.7 Å². The number of allylic oxidation sites excluding steroid dienone is 2. The second kappa shape index (κ2) is 7.99.